The molecule has 0 spiro atoms. The lowest BCUT2D eigenvalue weighted by Gasteiger charge is -2.25. The molecule has 1 rings (SSSR count). The molecule has 0 aliphatic rings. The Labute approximate surface area is 113 Å². The van der Waals surface area contributed by atoms with E-state index in [9.17, 15) is 18.0 Å². The van der Waals surface area contributed by atoms with Crippen molar-refractivity contribution in [1.82, 2.24) is 0 Å². The number of amidine groups is 1. The molecule has 0 saturated carbocycles. The van der Waals surface area contributed by atoms with Gasteiger partial charge in [0.25, 0.3) is 0 Å². The van der Waals surface area contributed by atoms with Gasteiger partial charge in [-0.05, 0) is 13.3 Å². The van der Waals surface area contributed by atoms with Crippen LogP contribution in [-0.2, 0) is 4.79 Å². The fourth-order valence-electron chi connectivity index (χ4n) is 1.47. The molecule has 8 heteroatoms. The molecule has 0 saturated heterocycles. The Kier molecular flexibility index (Phi) is 4.59. The predicted molar refractivity (Wildman–Crippen MR) is 66.8 cm³/mol. The summed E-state index contributed by atoms with van der Waals surface area (Å²) in [6, 6.07) is 1.28. The molecule has 20 heavy (non-hydrogen) atoms. The van der Waals surface area contributed by atoms with Crippen molar-refractivity contribution >= 4 is 17.4 Å². The summed E-state index contributed by atoms with van der Waals surface area (Å²) < 4.78 is 38.9. The minimum absolute atomic E-state index is 0.181. The molecule has 5 nitrogen and oxygen atoms in total. The first-order chi connectivity index (χ1) is 9.26. The van der Waals surface area contributed by atoms with Crippen LogP contribution in [0.5, 0.6) is 0 Å². The van der Waals surface area contributed by atoms with E-state index >= 15 is 0 Å². The van der Waals surface area contributed by atoms with E-state index in [0.29, 0.717) is 12.1 Å². The Bertz CT molecular complexity index is 540. The standard InChI is InChI=1S/C12H14F3N3O2/c1-3-12(2,10(16)18-20)11(19)17-6-4-7(13)9(15)8(14)5-6/h4-5,20H,3H2,1-2H3,(H2,16,18)(H,17,19). The van der Waals surface area contributed by atoms with Gasteiger partial charge in [-0.2, -0.15) is 0 Å². The van der Waals surface area contributed by atoms with Crippen molar-refractivity contribution in [3.05, 3.63) is 29.6 Å². The van der Waals surface area contributed by atoms with Gasteiger partial charge in [-0.1, -0.05) is 12.1 Å². The Morgan fingerprint density at radius 3 is 2.30 bits per heavy atom. The molecule has 0 bridgehead atoms. The molecule has 0 fully saturated rings. The molecule has 1 unspecified atom stereocenters. The highest BCUT2D eigenvalue weighted by Crippen LogP contribution is 2.25. The lowest BCUT2D eigenvalue weighted by atomic mass is 9.85. The first-order valence-corrected chi connectivity index (χ1v) is 5.70. The van der Waals surface area contributed by atoms with E-state index < -0.39 is 28.8 Å². The Balaban J connectivity index is 3.07. The lowest BCUT2D eigenvalue weighted by Crippen LogP contribution is -2.44. The Morgan fingerprint density at radius 2 is 1.90 bits per heavy atom. The Hall–Kier alpha value is -2.25. The van der Waals surface area contributed by atoms with Crippen LogP contribution in [-0.4, -0.2) is 17.0 Å². The minimum Gasteiger partial charge on any atom is -0.409 e. The normalized spacial score (nSPS) is 14.8. The molecule has 1 amide bonds. The highest BCUT2D eigenvalue weighted by molar-refractivity contribution is 6.11. The minimum atomic E-state index is -1.63. The molecule has 110 valence electrons. The first kappa shape index (κ1) is 15.8. The molecular formula is C12H14F3N3O2. The molecule has 0 radical (unpaired) electrons. The quantitative estimate of drug-likeness (QED) is 0.261. The Morgan fingerprint density at radius 1 is 1.40 bits per heavy atom. The topological polar surface area (TPSA) is 87.7 Å². The largest absolute Gasteiger partial charge is 0.409 e. The summed E-state index contributed by atoms with van der Waals surface area (Å²) in [4.78, 5) is 12.1. The second kappa shape index (κ2) is 5.81. The van der Waals surface area contributed by atoms with Crippen LogP contribution >= 0.6 is 0 Å². The average Bonchev–Trinajstić information content (AvgIpc) is 2.42. The first-order valence-electron chi connectivity index (χ1n) is 5.70. The van der Waals surface area contributed by atoms with Crippen molar-refractivity contribution in [1.29, 1.82) is 0 Å². The SMILES string of the molecule is CCC(C)(C(=O)Nc1cc(F)c(F)c(F)c1)/C(N)=N/O. The number of hydrogen-bond acceptors (Lipinski definition) is 3. The van der Waals surface area contributed by atoms with Crippen LogP contribution in [0, 0.1) is 22.9 Å². The number of hydrogen-bond donors (Lipinski definition) is 3. The van der Waals surface area contributed by atoms with Crippen LogP contribution in [0.1, 0.15) is 20.3 Å². The number of nitrogens with two attached hydrogens (primary N) is 1. The summed E-state index contributed by atoms with van der Waals surface area (Å²) >= 11 is 0. The second-order valence-electron chi connectivity index (χ2n) is 4.38. The van der Waals surface area contributed by atoms with E-state index in [1.54, 1.807) is 6.92 Å². The summed E-state index contributed by atoms with van der Waals surface area (Å²) in [6.45, 7) is 3.01. The van der Waals surface area contributed by atoms with Gasteiger partial charge >= 0.3 is 0 Å². The molecular weight excluding hydrogens is 275 g/mol. The van der Waals surface area contributed by atoms with E-state index in [-0.39, 0.29) is 17.9 Å². The average molecular weight is 289 g/mol. The molecule has 4 N–H and O–H groups in total. The van der Waals surface area contributed by atoms with Crippen LogP contribution < -0.4 is 11.1 Å². The van der Waals surface area contributed by atoms with Crippen LogP contribution in [0.25, 0.3) is 0 Å². The third-order valence-corrected chi connectivity index (χ3v) is 3.12. The molecule has 0 aliphatic carbocycles. The number of rotatable bonds is 4. The predicted octanol–water partition coefficient (Wildman–Crippen LogP) is 2.21. The summed E-state index contributed by atoms with van der Waals surface area (Å²) in [5.74, 6) is -5.57. The van der Waals surface area contributed by atoms with Crippen molar-refractivity contribution in [3.8, 4) is 0 Å². The lowest BCUT2D eigenvalue weighted by molar-refractivity contribution is -0.121. The molecule has 1 aromatic rings. The third-order valence-electron chi connectivity index (χ3n) is 3.12. The number of nitrogens with zero attached hydrogens (tertiary/aromatic N) is 1. The molecule has 1 aromatic carbocycles. The maximum Gasteiger partial charge on any atom is 0.238 e. The van der Waals surface area contributed by atoms with Crippen LogP contribution in [0.15, 0.2) is 17.3 Å². The summed E-state index contributed by atoms with van der Waals surface area (Å²) in [5.41, 5.74) is 3.80. The van der Waals surface area contributed by atoms with Crippen LogP contribution in [0.3, 0.4) is 0 Å². The van der Waals surface area contributed by atoms with Crippen molar-refractivity contribution in [2.45, 2.75) is 20.3 Å². The number of carbonyl (C=O) groups excluding carboxylic acids is 1. The van der Waals surface area contributed by atoms with E-state index in [2.05, 4.69) is 10.5 Å². The number of amides is 1. The van der Waals surface area contributed by atoms with E-state index in [1.165, 1.54) is 6.92 Å². The van der Waals surface area contributed by atoms with Gasteiger partial charge in [-0.15, -0.1) is 0 Å². The van der Waals surface area contributed by atoms with Gasteiger partial charge in [0.05, 0.1) is 0 Å². The molecule has 0 aliphatic heterocycles. The maximum atomic E-state index is 13.0. The summed E-state index contributed by atoms with van der Waals surface area (Å²) in [7, 11) is 0. The van der Waals surface area contributed by atoms with E-state index in [4.69, 9.17) is 10.9 Å². The second-order valence-corrected chi connectivity index (χ2v) is 4.38. The summed E-state index contributed by atoms with van der Waals surface area (Å²) in [6.07, 6.45) is 0.181. The van der Waals surface area contributed by atoms with E-state index in [1.807, 2.05) is 0 Å². The maximum absolute atomic E-state index is 13.0. The number of anilines is 1. The third kappa shape index (κ3) is 2.84. The number of halogens is 3. The van der Waals surface area contributed by atoms with Gasteiger partial charge in [-0.25, -0.2) is 13.2 Å². The fourth-order valence-corrected chi connectivity index (χ4v) is 1.47. The van der Waals surface area contributed by atoms with Gasteiger partial charge in [0.1, 0.15) is 5.41 Å². The fraction of sp³-hybridized carbons (Fsp3) is 0.333. The van der Waals surface area contributed by atoms with Gasteiger partial charge in [-0.3, -0.25) is 4.79 Å². The number of benzene rings is 1. The van der Waals surface area contributed by atoms with Gasteiger partial charge in [0.15, 0.2) is 23.3 Å². The van der Waals surface area contributed by atoms with Gasteiger partial charge < -0.3 is 16.3 Å². The zero-order chi connectivity index (χ0) is 15.5. The monoisotopic (exact) mass is 289 g/mol. The van der Waals surface area contributed by atoms with Crippen molar-refractivity contribution in [2.75, 3.05) is 5.32 Å². The molecule has 0 heterocycles. The molecule has 1 atom stereocenters. The zero-order valence-corrected chi connectivity index (χ0v) is 10.9. The molecule has 0 aromatic heterocycles. The highest BCUT2D eigenvalue weighted by atomic mass is 19.2. The number of carbonyl (C=O) groups is 1. The highest BCUT2D eigenvalue weighted by Gasteiger charge is 2.36. The van der Waals surface area contributed by atoms with Crippen molar-refractivity contribution in [2.24, 2.45) is 16.3 Å². The summed E-state index contributed by atoms with van der Waals surface area (Å²) in [5, 5.41) is 13.6. The van der Waals surface area contributed by atoms with E-state index in [0.717, 1.165) is 0 Å². The zero-order valence-electron chi connectivity index (χ0n) is 10.9. The van der Waals surface area contributed by atoms with Crippen LogP contribution in [0.4, 0.5) is 18.9 Å². The van der Waals surface area contributed by atoms with Crippen molar-refractivity contribution < 1.29 is 23.2 Å². The number of oxime groups is 1. The smallest absolute Gasteiger partial charge is 0.238 e. The number of nitrogens with one attached hydrogen (secondary N) is 1. The van der Waals surface area contributed by atoms with Crippen molar-refractivity contribution in [3.63, 3.8) is 0 Å². The van der Waals surface area contributed by atoms with Gasteiger partial charge in [0.2, 0.25) is 5.91 Å². The van der Waals surface area contributed by atoms with Crippen LogP contribution in [0.2, 0.25) is 0 Å². The van der Waals surface area contributed by atoms with Gasteiger partial charge in [0, 0.05) is 17.8 Å².